The number of amidine groups is 1. The van der Waals surface area contributed by atoms with Gasteiger partial charge in [-0.25, -0.2) is 0 Å². The Hall–Kier alpha value is -2.23. The standard InChI is InChI=1S/C17H24N4/c1-11(18)15(17(20)21)16(19)14-8-6-13(7-9-14)10-12-4-2-3-5-12/h6-9,12H,1-5,10,18-19H2,(H3,20,21). The quantitative estimate of drug-likeness (QED) is 0.379. The lowest BCUT2D eigenvalue weighted by molar-refractivity contribution is 0.546. The highest BCUT2D eigenvalue weighted by molar-refractivity contribution is 6.05. The van der Waals surface area contributed by atoms with E-state index in [1.54, 1.807) is 0 Å². The van der Waals surface area contributed by atoms with Gasteiger partial charge in [0.25, 0.3) is 0 Å². The van der Waals surface area contributed by atoms with Gasteiger partial charge in [0, 0.05) is 5.70 Å². The second kappa shape index (κ2) is 6.48. The summed E-state index contributed by atoms with van der Waals surface area (Å²) in [5.41, 5.74) is 20.3. The molecular weight excluding hydrogens is 260 g/mol. The topological polar surface area (TPSA) is 102 Å². The van der Waals surface area contributed by atoms with Crippen LogP contribution in [0.2, 0.25) is 0 Å². The average Bonchev–Trinajstić information content (AvgIpc) is 2.91. The third kappa shape index (κ3) is 3.66. The number of benzene rings is 1. The minimum absolute atomic E-state index is 0.157. The Kier molecular flexibility index (Phi) is 4.68. The highest BCUT2D eigenvalue weighted by Crippen LogP contribution is 2.28. The van der Waals surface area contributed by atoms with Crippen LogP contribution >= 0.6 is 0 Å². The van der Waals surface area contributed by atoms with E-state index in [2.05, 4.69) is 18.7 Å². The van der Waals surface area contributed by atoms with E-state index >= 15 is 0 Å². The zero-order chi connectivity index (χ0) is 15.4. The minimum atomic E-state index is -0.157. The van der Waals surface area contributed by atoms with E-state index in [0.29, 0.717) is 11.3 Å². The Morgan fingerprint density at radius 1 is 1.10 bits per heavy atom. The van der Waals surface area contributed by atoms with Gasteiger partial charge in [0.05, 0.1) is 11.3 Å². The first-order chi connectivity index (χ1) is 9.99. The minimum Gasteiger partial charge on any atom is -0.399 e. The summed E-state index contributed by atoms with van der Waals surface area (Å²) < 4.78 is 0. The van der Waals surface area contributed by atoms with Crippen LogP contribution in [0.3, 0.4) is 0 Å². The van der Waals surface area contributed by atoms with Gasteiger partial charge in [-0.2, -0.15) is 0 Å². The first-order valence-corrected chi connectivity index (χ1v) is 7.37. The van der Waals surface area contributed by atoms with Crippen molar-refractivity contribution in [3.05, 3.63) is 53.2 Å². The van der Waals surface area contributed by atoms with Crippen LogP contribution in [0.15, 0.2) is 42.1 Å². The van der Waals surface area contributed by atoms with Crippen LogP contribution in [0.1, 0.15) is 36.8 Å². The molecule has 0 saturated heterocycles. The molecule has 0 aromatic heterocycles. The number of rotatable bonds is 5. The van der Waals surface area contributed by atoms with Crippen LogP contribution in [-0.4, -0.2) is 5.84 Å². The summed E-state index contributed by atoms with van der Waals surface area (Å²) in [4.78, 5) is 0. The number of hydrogen-bond donors (Lipinski definition) is 4. The van der Waals surface area contributed by atoms with Crippen molar-refractivity contribution in [2.24, 2.45) is 23.1 Å². The molecular formula is C17H24N4. The molecule has 1 aromatic rings. The SMILES string of the molecule is C=C(N)C(C(=N)N)=C(N)c1ccc(CC2CCCC2)cc1. The van der Waals surface area contributed by atoms with E-state index in [-0.39, 0.29) is 11.5 Å². The molecule has 1 fully saturated rings. The molecule has 0 amide bonds. The molecule has 2 rings (SSSR count). The second-order valence-corrected chi connectivity index (χ2v) is 5.78. The van der Waals surface area contributed by atoms with Crippen molar-refractivity contribution >= 4 is 11.5 Å². The molecule has 0 bridgehead atoms. The summed E-state index contributed by atoms with van der Waals surface area (Å²) >= 11 is 0. The third-order valence-corrected chi connectivity index (χ3v) is 4.12. The molecule has 1 aromatic carbocycles. The molecule has 0 spiro atoms. The molecule has 1 aliphatic carbocycles. The predicted molar refractivity (Wildman–Crippen MR) is 88.5 cm³/mol. The van der Waals surface area contributed by atoms with E-state index < -0.39 is 0 Å². The van der Waals surface area contributed by atoms with Crippen molar-refractivity contribution in [1.29, 1.82) is 5.41 Å². The van der Waals surface area contributed by atoms with Gasteiger partial charge in [0.1, 0.15) is 5.84 Å². The number of nitrogens with two attached hydrogens (primary N) is 3. The molecule has 4 nitrogen and oxygen atoms in total. The number of nitrogens with one attached hydrogen (secondary N) is 1. The molecule has 4 heteroatoms. The molecule has 1 saturated carbocycles. The van der Waals surface area contributed by atoms with Gasteiger partial charge < -0.3 is 17.2 Å². The van der Waals surface area contributed by atoms with Crippen LogP contribution in [-0.2, 0) is 6.42 Å². The van der Waals surface area contributed by atoms with Crippen molar-refractivity contribution in [2.75, 3.05) is 0 Å². The summed E-state index contributed by atoms with van der Waals surface area (Å²) in [6.07, 6.45) is 6.53. The first kappa shape index (κ1) is 15.2. The zero-order valence-corrected chi connectivity index (χ0v) is 12.4. The molecule has 0 radical (unpaired) electrons. The molecule has 7 N–H and O–H groups in total. The van der Waals surface area contributed by atoms with E-state index in [0.717, 1.165) is 17.9 Å². The van der Waals surface area contributed by atoms with Crippen molar-refractivity contribution in [3.63, 3.8) is 0 Å². The van der Waals surface area contributed by atoms with Crippen molar-refractivity contribution in [1.82, 2.24) is 0 Å². The highest BCUT2D eigenvalue weighted by Gasteiger charge is 2.15. The van der Waals surface area contributed by atoms with Gasteiger partial charge in [0.2, 0.25) is 0 Å². The fourth-order valence-corrected chi connectivity index (χ4v) is 3.00. The largest absolute Gasteiger partial charge is 0.399 e. The average molecular weight is 284 g/mol. The van der Waals surface area contributed by atoms with Crippen LogP contribution < -0.4 is 17.2 Å². The Morgan fingerprint density at radius 2 is 1.67 bits per heavy atom. The van der Waals surface area contributed by atoms with E-state index in [9.17, 15) is 0 Å². The second-order valence-electron chi connectivity index (χ2n) is 5.78. The van der Waals surface area contributed by atoms with E-state index in [4.69, 9.17) is 22.6 Å². The number of hydrogen-bond acceptors (Lipinski definition) is 3. The summed E-state index contributed by atoms with van der Waals surface area (Å²) in [5.74, 6) is 0.662. The Bertz CT molecular complexity index is 547. The molecule has 1 aliphatic rings. The maximum absolute atomic E-state index is 7.55. The summed E-state index contributed by atoms with van der Waals surface area (Å²) in [6.45, 7) is 3.63. The van der Waals surface area contributed by atoms with E-state index in [1.807, 2.05) is 12.1 Å². The molecule has 0 heterocycles. The Labute approximate surface area is 126 Å². The Morgan fingerprint density at radius 3 is 2.14 bits per heavy atom. The monoisotopic (exact) mass is 284 g/mol. The van der Waals surface area contributed by atoms with Crippen molar-refractivity contribution in [3.8, 4) is 0 Å². The molecule has 21 heavy (non-hydrogen) atoms. The Balaban J connectivity index is 2.19. The fraction of sp³-hybridized carbons (Fsp3) is 0.353. The molecule has 0 unspecified atom stereocenters. The summed E-state index contributed by atoms with van der Waals surface area (Å²) in [7, 11) is 0. The molecule has 0 atom stereocenters. The summed E-state index contributed by atoms with van der Waals surface area (Å²) in [6, 6.07) is 8.12. The lowest BCUT2D eigenvalue weighted by Gasteiger charge is -2.12. The molecule has 112 valence electrons. The lowest BCUT2D eigenvalue weighted by Crippen LogP contribution is -2.21. The van der Waals surface area contributed by atoms with Crippen LogP contribution in [0.25, 0.3) is 5.70 Å². The maximum atomic E-state index is 7.55. The zero-order valence-electron chi connectivity index (χ0n) is 12.4. The normalized spacial score (nSPS) is 16.6. The van der Waals surface area contributed by atoms with Crippen LogP contribution in [0.4, 0.5) is 0 Å². The van der Waals surface area contributed by atoms with Crippen LogP contribution in [0, 0.1) is 11.3 Å². The summed E-state index contributed by atoms with van der Waals surface area (Å²) in [5, 5.41) is 7.55. The maximum Gasteiger partial charge on any atom is 0.127 e. The van der Waals surface area contributed by atoms with Gasteiger partial charge in [-0.1, -0.05) is 56.5 Å². The van der Waals surface area contributed by atoms with Gasteiger partial charge in [-0.05, 0) is 23.5 Å². The van der Waals surface area contributed by atoms with Crippen LogP contribution in [0.5, 0.6) is 0 Å². The predicted octanol–water partition coefficient (Wildman–Crippen LogP) is 2.50. The third-order valence-electron chi connectivity index (χ3n) is 4.12. The van der Waals surface area contributed by atoms with Crippen molar-refractivity contribution in [2.45, 2.75) is 32.1 Å². The van der Waals surface area contributed by atoms with Gasteiger partial charge in [0.15, 0.2) is 0 Å². The molecule has 0 aliphatic heterocycles. The van der Waals surface area contributed by atoms with Gasteiger partial charge >= 0.3 is 0 Å². The van der Waals surface area contributed by atoms with Gasteiger partial charge in [-0.15, -0.1) is 0 Å². The smallest absolute Gasteiger partial charge is 0.127 e. The van der Waals surface area contributed by atoms with Crippen molar-refractivity contribution < 1.29 is 0 Å². The highest BCUT2D eigenvalue weighted by atomic mass is 14.8. The van der Waals surface area contributed by atoms with E-state index in [1.165, 1.54) is 31.2 Å². The van der Waals surface area contributed by atoms with Gasteiger partial charge in [-0.3, -0.25) is 5.41 Å². The fourth-order valence-electron chi connectivity index (χ4n) is 3.00. The first-order valence-electron chi connectivity index (χ1n) is 7.37. The lowest BCUT2D eigenvalue weighted by atomic mass is 9.96.